The highest BCUT2D eigenvalue weighted by atomic mass is 19.2. The number of ether oxygens (including phenoxy) is 1. The molecule has 1 atom stereocenters. The largest absolute Gasteiger partial charge is 0.457 e. The van der Waals surface area contributed by atoms with Crippen LogP contribution in [0.25, 0.3) is 0 Å². The molecule has 0 aromatic heterocycles. The molecule has 0 spiro atoms. The van der Waals surface area contributed by atoms with Crippen LogP contribution >= 0.6 is 0 Å². The van der Waals surface area contributed by atoms with E-state index < -0.39 is 11.6 Å². The molecule has 1 unspecified atom stereocenters. The number of aryl methyl sites for hydroxylation is 1. The third-order valence-corrected chi connectivity index (χ3v) is 3.34. The van der Waals surface area contributed by atoms with Gasteiger partial charge in [0.05, 0.1) is 0 Å². The Labute approximate surface area is 123 Å². The van der Waals surface area contributed by atoms with Crippen LogP contribution in [0.2, 0.25) is 0 Å². The molecule has 0 saturated carbocycles. The SMILES string of the molecule is CCC(N)Cc1cc(C)ccc1Oc1ccc(F)c(F)c1. The minimum atomic E-state index is -0.925. The van der Waals surface area contributed by atoms with Crippen LogP contribution in [-0.4, -0.2) is 6.04 Å². The Balaban J connectivity index is 2.28. The quantitative estimate of drug-likeness (QED) is 0.889. The van der Waals surface area contributed by atoms with E-state index in [1.807, 2.05) is 32.0 Å². The van der Waals surface area contributed by atoms with Crippen LogP contribution in [0.1, 0.15) is 24.5 Å². The van der Waals surface area contributed by atoms with Crippen molar-refractivity contribution in [2.45, 2.75) is 32.7 Å². The molecule has 0 heterocycles. The molecule has 2 rings (SSSR count). The Morgan fingerprint density at radius 2 is 1.86 bits per heavy atom. The summed E-state index contributed by atoms with van der Waals surface area (Å²) in [5.74, 6) is -0.925. The van der Waals surface area contributed by atoms with E-state index in [9.17, 15) is 8.78 Å². The van der Waals surface area contributed by atoms with Crippen molar-refractivity contribution in [2.75, 3.05) is 0 Å². The molecule has 0 saturated heterocycles. The summed E-state index contributed by atoms with van der Waals surface area (Å²) in [5.41, 5.74) is 8.07. The fourth-order valence-corrected chi connectivity index (χ4v) is 2.06. The van der Waals surface area contributed by atoms with E-state index in [2.05, 4.69) is 0 Å². The Bertz CT molecular complexity index is 628. The molecule has 2 aromatic carbocycles. The fourth-order valence-electron chi connectivity index (χ4n) is 2.06. The first-order valence-corrected chi connectivity index (χ1v) is 6.97. The maximum absolute atomic E-state index is 13.2. The first-order valence-electron chi connectivity index (χ1n) is 6.97. The number of halogens is 2. The summed E-state index contributed by atoms with van der Waals surface area (Å²) in [6.07, 6.45) is 1.54. The van der Waals surface area contributed by atoms with Crippen LogP contribution in [0.15, 0.2) is 36.4 Å². The lowest BCUT2D eigenvalue weighted by Gasteiger charge is -2.15. The summed E-state index contributed by atoms with van der Waals surface area (Å²) in [7, 11) is 0. The summed E-state index contributed by atoms with van der Waals surface area (Å²) in [6, 6.07) is 9.28. The van der Waals surface area contributed by atoms with E-state index in [0.717, 1.165) is 29.7 Å². The van der Waals surface area contributed by atoms with E-state index in [4.69, 9.17) is 10.5 Å². The lowest BCUT2D eigenvalue weighted by Crippen LogP contribution is -2.21. The summed E-state index contributed by atoms with van der Waals surface area (Å²) >= 11 is 0. The second-order valence-corrected chi connectivity index (χ2v) is 5.16. The van der Waals surface area contributed by atoms with Crippen molar-refractivity contribution in [2.24, 2.45) is 5.73 Å². The molecule has 0 aliphatic rings. The zero-order valence-electron chi connectivity index (χ0n) is 12.2. The molecule has 4 heteroatoms. The van der Waals surface area contributed by atoms with Crippen LogP contribution < -0.4 is 10.5 Å². The summed E-state index contributed by atoms with van der Waals surface area (Å²) in [5, 5.41) is 0. The van der Waals surface area contributed by atoms with Gasteiger partial charge in [-0.1, -0.05) is 24.6 Å². The van der Waals surface area contributed by atoms with E-state index >= 15 is 0 Å². The highest BCUT2D eigenvalue weighted by molar-refractivity contribution is 5.41. The van der Waals surface area contributed by atoms with Crippen molar-refractivity contribution in [1.29, 1.82) is 0 Å². The van der Waals surface area contributed by atoms with Crippen LogP contribution in [0.5, 0.6) is 11.5 Å². The lowest BCUT2D eigenvalue weighted by atomic mass is 10.0. The van der Waals surface area contributed by atoms with Gasteiger partial charge in [0, 0.05) is 12.1 Å². The number of hydrogen-bond donors (Lipinski definition) is 1. The second-order valence-electron chi connectivity index (χ2n) is 5.16. The average molecular weight is 291 g/mol. The maximum atomic E-state index is 13.2. The third kappa shape index (κ3) is 4.02. The molecule has 21 heavy (non-hydrogen) atoms. The molecule has 2 nitrogen and oxygen atoms in total. The predicted octanol–water partition coefficient (Wildman–Crippen LogP) is 4.35. The molecule has 0 aliphatic heterocycles. The van der Waals surface area contributed by atoms with E-state index in [1.54, 1.807) is 0 Å². The lowest BCUT2D eigenvalue weighted by molar-refractivity contribution is 0.454. The monoisotopic (exact) mass is 291 g/mol. The van der Waals surface area contributed by atoms with Crippen molar-refractivity contribution in [3.8, 4) is 11.5 Å². The average Bonchev–Trinajstić information content (AvgIpc) is 2.45. The molecule has 112 valence electrons. The maximum Gasteiger partial charge on any atom is 0.162 e. The van der Waals surface area contributed by atoms with Gasteiger partial charge >= 0.3 is 0 Å². The number of nitrogens with two attached hydrogens (primary N) is 1. The van der Waals surface area contributed by atoms with Crippen molar-refractivity contribution < 1.29 is 13.5 Å². The second kappa shape index (κ2) is 6.68. The topological polar surface area (TPSA) is 35.2 Å². The molecule has 0 fully saturated rings. The van der Waals surface area contributed by atoms with Gasteiger partial charge in [0.25, 0.3) is 0 Å². The predicted molar refractivity (Wildman–Crippen MR) is 79.6 cm³/mol. The van der Waals surface area contributed by atoms with Crippen molar-refractivity contribution in [3.63, 3.8) is 0 Å². The molecule has 0 bridgehead atoms. The normalized spacial score (nSPS) is 12.2. The molecular formula is C17H19F2NO. The van der Waals surface area contributed by atoms with Gasteiger partial charge in [-0.25, -0.2) is 8.78 Å². The number of benzene rings is 2. The van der Waals surface area contributed by atoms with Crippen molar-refractivity contribution in [1.82, 2.24) is 0 Å². The molecule has 0 amide bonds. The van der Waals surface area contributed by atoms with Gasteiger partial charge in [0.1, 0.15) is 11.5 Å². The van der Waals surface area contributed by atoms with Gasteiger partial charge in [-0.05, 0) is 43.5 Å². The van der Waals surface area contributed by atoms with Crippen LogP contribution in [0.3, 0.4) is 0 Å². The Hall–Kier alpha value is -1.94. The van der Waals surface area contributed by atoms with Gasteiger partial charge in [-0.15, -0.1) is 0 Å². The Morgan fingerprint density at radius 3 is 2.52 bits per heavy atom. The van der Waals surface area contributed by atoms with E-state index in [-0.39, 0.29) is 11.8 Å². The third-order valence-electron chi connectivity index (χ3n) is 3.34. The Kier molecular flexibility index (Phi) is 4.91. The van der Waals surface area contributed by atoms with Crippen molar-refractivity contribution >= 4 is 0 Å². The summed E-state index contributed by atoms with van der Waals surface area (Å²) in [6.45, 7) is 4.01. The highest BCUT2D eigenvalue weighted by Gasteiger charge is 2.11. The zero-order valence-corrected chi connectivity index (χ0v) is 12.2. The van der Waals surface area contributed by atoms with Crippen LogP contribution in [0, 0.1) is 18.6 Å². The first-order chi connectivity index (χ1) is 9.99. The van der Waals surface area contributed by atoms with Gasteiger partial charge in [-0.2, -0.15) is 0 Å². The number of rotatable bonds is 5. The van der Waals surface area contributed by atoms with Crippen molar-refractivity contribution in [3.05, 3.63) is 59.2 Å². The minimum absolute atomic E-state index is 0.0408. The summed E-state index contributed by atoms with van der Waals surface area (Å²) in [4.78, 5) is 0. The fraction of sp³-hybridized carbons (Fsp3) is 0.294. The van der Waals surface area contributed by atoms with Gasteiger partial charge in [0.2, 0.25) is 0 Å². The molecule has 2 N–H and O–H groups in total. The number of hydrogen-bond acceptors (Lipinski definition) is 2. The Morgan fingerprint density at radius 1 is 1.10 bits per heavy atom. The molecule has 0 aliphatic carbocycles. The smallest absolute Gasteiger partial charge is 0.162 e. The molecule has 0 radical (unpaired) electrons. The standard InChI is InChI=1S/C17H19F2NO/c1-3-13(20)9-12-8-11(2)4-7-17(12)21-14-5-6-15(18)16(19)10-14/h4-8,10,13H,3,9,20H2,1-2H3. The minimum Gasteiger partial charge on any atom is -0.457 e. The van der Waals surface area contributed by atoms with Crippen LogP contribution in [-0.2, 0) is 6.42 Å². The molecule has 2 aromatic rings. The van der Waals surface area contributed by atoms with E-state index in [0.29, 0.717) is 12.2 Å². The van der Waals surface area contributed by atoms with E-state index in [1.165, 1.54) is 6.07 Å². The van der Waals surface area contributed by atoms with Crippen LogP contribution in [0.4, 0.5) is 8.78 Å². The zero-order chi connectivity index (χ0) is 15.4. The first kappa shape index (κ1) is 15.4. The molecular weight excluding hydrogens is 272 g/mol. The summed E-state index contributed by atoms with van der Waals surface area (Å²) < 4.78 is 31.9. The van der Waals surface area contributed by atoms with Gasteiger partial charge in [0.15, 0.2) is 11.6 Å². The highest BCUT2D eigenvalue weighted by Crippen LogP contribution is 2.28. The van der Waals surface area contributed by atoms with Gasteiger partial charge in [-0.3, -0.25) is 0 Å². The van der Waals surface area contributed by atoms with Gasteiger partial charge < -0.3 is 10.5 Å².